The standard InChI is InChI=1S/C24H36N4O4/c1-18(2)27-23(29)12-14-26-24(25-13-6-15-30-17-22-7-5-16-31-22)28-20-8-10-21(11-9-20)32-19(3)4/h5,7-11,16,18-19H,6,12-15,17H2,1-4H3,(H,27,29)(H2,25,26,28). The number of benzene rings is 1. The molecule has 0 spiro atoms. The zero-order chi connectivity index (χ0) is 23.2. The van der Waals surface area contributed by atoms with Crippen molar-refractivity contribution in [3.63, 3.8) is 0 Å². The highest BCUT2D eigenvalue weighted by Crippen LogP contribution is 2.16. The minimum absolute atomic E-state index is 0.00774. The molecule has 0 atom stereocenters. The van der Waals surface area contributed by atoms with Crippen LogP contribution in [-0.2, 0) is 16.1 Å². The fourth-order valence-electron chi connectivity index (χ4n) is 2.78. The van der Waals surface area contributed by atoms with Crippen LogP contribution in [0.15, 0.2) is 52.1 Å². The molecule has 2 aromatic rings. The van der Waals surface area contributed by atoms with Crippen molar-refractivity contribution in [1.82, 2.24) is 10.6 Å². The molecule has 8 nitrogen and oxygen atoms in total. The van der Waals surface area contributed by atoms with Gasteiger partial charge in [-0.2, -0.15) is 0 Å². The Balaban J connectivity index is 1.84. The molecule has 2 rings (SSSR count). The first kappa shape index (κ1) is 25.3. The largest absolute Gasteiger partial charge is 0.491 e. The predicted molar refractivity (Wildman–Crippen MR) is 127 cm³/mol. The van der Waals surface area contributed by atoms with Crippen molar-refractivity contribution in [3.05, 3.63) is 48.4 Å². The number of aliphatic imine (C=N–C) groups is 1. The van der Waals surface area contributed by atoms with E-state index in [1.165, 1.54) is 0 Å². The maximum absolute atomic E-state index is 11.9. The van der Waals surface area contributed by atoms with Crippen LogP contribution in [0.1, 0.15) is 46.3 Å². The summed E-state index contributed by atoms with van der Waals surface area (Å²) in [5.74, 6) is 2.25. The van der Waals surface area contributed by atoms with Gasteiger partial charge in [-0.3, -0.25) is 9.79 Å². The molecule has 1 aromatic carbocycles. The van der Waals surface area contributed by atoms with Crippen molar-refractivity contribution in [3.8, 4) is 5.75 Å². The van der Waals surface area contributed by atoms with E-state index in [9.17, 15) is 4.79 Å². The van der Waals surface area contributed by atoms with E-state index in [-0.39, 0.29) is 18.1 Å². The summed E-state index contributed by atoms with van der Waals surface area (Å²) in [7, 11) is 0. The van der Waals surface area contributed by atoms with E-state index in [0.717, 1.165) is 23.6 Å². The molecule has 1 heterocycles. The monoisotopic (exact) mass is 444 g/mol. The third-order valence-electron chi connectivity index (χ3n) is 4.12. The number of hydrogen-bond donors (Lipinski definition) is 3. The number of rotatable bonds is 13. The Kier molecular flexibility index (Phi) is 11.2. The van der Waals surface area contributed by atoms with Crippen molar-refractivity contribution >= 4 is 17.6 Å². The number of ether oxygens (including phenoxy) is 2. The molecule has 0 unspecified atom stereocenters. The van der Waals surface area contributed by atoms with Crippen molar-refractivity contribution in [2.45, 2.75) is 59.3 Å². The minimum atomic E-state index is 0.00774. The molecule has 0 saturated carbocycles. The summed E-state index contributed by atoms with van der Waals surface area (Å²) >= 11 is 0. The fourth-order valence-corrected chi connectivity index (χ4v) is 2.78. The van der Waals surface area contributed by atoms with E-state index in [1.54, 1.807) is 6.26 Å². The smallest absolute Gasteiger partial charge is 0.221 e. The lowest BCUT2D eigenvalue weighted by Crippen LogP contribution is -2.36. The van der Waals surface area contributed by atoms with Crippen LogP contribution in [0.3, 0.4) is 0 Å². The molecule has 0 aliphatic heterocycles. The first-order valence-electron chi connectivity index (χ1n) is 11.1. The Bertz CT molecular complexity index is 802. The van der Waals surface area contributed by atoms with Crippen molar-refractivity contribution in [2.75, 3.05) is 25.0 Å². The van der Waals surface area contributed by atoms with E-state index >= 15 is 0 Å². The van der Waals surface area contributed by atoms with Crippen LogP contribution in [-0.4, -0.2) is 43.7 Å². The van der Waals surface area contributed by atoms with Gasteiger partial charge in [0.15, 0.2) is 5.96 Å². The second kappa shape index (κ2) is 14.1. The molecule has 3 N–H and O–H groups in total. The number of nitrogens with one attached hydrogen (secondary N) is 3. The first-order chi connectivity index (χ1) is 15.4. The Hall–Kier alpha value is -3.00. The number of carbonyl (C=O) groups is 1. The van der Waals surface area contributed by atoms with Gasteiger partial charge in [-0.05, 0) is 70.5 Å². The lowest BCUT2D eigenvalue weighted by atomic mass is 10.3. The Morgan fingerprint density at radius 2 is 1.91 bits per heavy atom. The van der Waals surface area contributed by atoms with Gasteiger partial charge in [-0.1, -0.05) is 0 Å². The lowest BCUT2D eigenvalue weighted by Gasteiger charge is -2.14. The lowest BCUT2D eigenvalue weighted by molar-refractivity contribution is -0.121. The molecule has 0 bridgehead atoms. The Morgan fingerprint density at radius 1 is 1.12 bits per heavy atom. The number of furan rings is 1. The van der Waals surface area contributed by atoms with Crippen LogP contribution < -0.4 is 20.7 Å². The minimum Gasteiger partial charge on any atom is -0.491 e. The molecule has 0 saturated heterocycles. The first-order valence-corrected chi connectivity index (χ1v) is 11.1. The summed E-state index contributed by atoms with van der Waals surface area (Å²) in [6.45, 7) is 9.98. The zero-order valence-corrected chi connectivity index (χ0v) is 19.5. The van der Waals surface area contributed by atoms with Crippen LogP contribution >= 0.6 is 0 Å². The number of amides is 1. The molecule has 176 valence electrons. The molecule has 0 radical (unpaired) electrons. The van der Waals surface area contributed by atoms with Gasteiger partial charge in [0.25, 0.3) is 0 Å². The summed E-state index contributed by atoms with van der Waals surface area (Å²) < 4.78 is 16.5. The maximum Gasteiger partial charge on any atom is 0.221 e. The summed E-state index contributed by atoms with van der Waals surface area (Å²) in [6.07, 6.45) is 2.89. The zero-order valence-electron chi connectivity index (χ0n) is 19.5. The van der Waals surface area contributed by atoms with E-state index in [4.69, 9.17) is 13.9 Å². The van der Waals surface area contributed by atoms with Gasteiger partial charge in [0.2, 0.25) is 5.91 Å². The molecule has 1 aromatic heterocycles. The molecule has 1 amide bonds. The summed E-state index contributed by atoms with van der Waals surface area (Å²) in [5, 5.41) is 9.40. The van der Waals surface area contributed by atoms with Gasteiger partial charge in [0, 0.05) is 37.8 Å². The molecular formula is C24H36N4O4. The van der Waals surface area contributed by atoms with Gasteiger partial charge in [0.1, 0.15) is 18.1 Å². The average molecular weight is 445 g/mol. The molecular weight excluding hydrogens is 408 g/mol. The molecule has 8 heteroatoms. The van der Waals surface area contributed by atoms with E-state index < -0.39 is 0 Å². The second-order valence-electron chi connectivity index (χ2n) is 7.93. The van der Waals surface area contributed by atoms with E-state index in [0.29, 0.717) is 38.7 Å². The van der Waals surface area contributed by atoms with E-state index in [2.05, 4.69) is 20.9 Å². The molecule has 32 heavy (non-hydrogen) atoms. The van der Waals surface area contributed by atoms with Crippen LogP contribution in [0.2, 0.25) is 0 Å². The highest BCUT2D eigenvalue weighted by atomic mass is 16.5. The van der Waals surface area contributed by atoms with Gasteiger partial charge in [-0.25, -0.2) is 0 Å². The molecule has 0 aliphatic rings. The maximum atomic E-state index is 11.9. The third-order valence-corrected chi connectivity index (χ3v) is 4.12. The highest BCUT2D eigenvalue weighted by Gasteiger charge is 2.06. The Morgan fingerprint density at radius 3 is 2.56 bits per heavy atom. The number of hydrogen-bond acceptors (Lipinski definition) is 5. The number of nitrogens with zero attached hydrogens (tertiary/aromatic N) is 1. The predicted octanol–water partition coefficient (Wildman–Crippen LogP) is 3.95. The van der Waals surface area contributed by atoms with Gasteiger partial charge in [-0.15, -0.1) is 0 Å². The Labute approximate surface area is 190 Å². The van der Waals surface area contributed by atoms with Crippen LogP contribution in [0.5, 0.6) is 5.75 Å². The van der Waals surface area contributed by atoms with Gasteiger partial charge < -0.3 is 29.8 Å². The van der Waals surface area contributed by atoms with Crippen molar-refractivity contribution in [2.24, 2.45) is 4.99 Å². The van der Waals surface area contributed by atoms with Crippen LogP contribution in [0.25, 0.3) is 0 Å². The molecule has 0 aliphatic carbocycles. The van der Waals surface area contributed by atoms with Crippen molar-refractivity contribution < 1.29 is 18.7 Å². The second-order valence-corrected chi connectivity index (χ2v) is 7.93. The number of carbonyl (C=O) groups excluding carboxylic acids is 1. The average Bonchev–Trinajstić information content (AvgIpc) is 3.24. The third kappa shape index (κ3) is 10.9. The van der Waals surface area contributed by atoms with E-state index in [1.807, 2.05) is 64.1 Å². The van der Waals surface area contributed by atoms with Gasteiger partial charge in [0.05, 0.1) is 12.4 Å². The van der Waals surface area contributed by atoms with Crippen LogP contribution in [0, 0.1) is 0 Å². The normalized spacial score (nSPS) is 11.6. The number of guanidine groups is 1. The summed E-state index contributed by atoms with van der Waals surface area (Å²) in [5.41, 5.74) is 0.882. The topological polar surface area (TPSA) is 97.1 Å². The fraction of sp³-hybridized carbons (Fsp3) is 0.500. The molecule has 0 fully saturated rings. The highest BCUT2D eigenvalue weighted by molar-refractivity contribution is 5.93. The van der Waals surface area contributed by atoms with Gasteiger partial charge >= 0.3 is 0 Å². The van der Waals surface area contributed by atoms with Crippen molar-refractivity contribution in [1.29, 1.82) is 0 Å². The number of anilines is 1. The summed E-state index contributed by atoms with van der Waals surface area (Å²) in [4.78, 5) is 16.5. The summed E-state index contributed by atoms with van der Waals surface area (Å²) in [6, 6.07) is 11.6. The SMILES string of the molecule is CC(C)NC(=O)CCNC(=NCCCOCc1ccco1)Nc1ccc(OC(C)C)cc1. The van der Waals surface area contributed by atoms with Crippen LogP contribution in [0.4, 0.5) is 5.69 Å². The quantitative estimate of drug-likeness (QED) is 0.246.